The summed E-state index contributed by atoms with van der Waals surface area (Å²) in [6.45, 7) is 5.87. The van der Waals surface area contributed by atoms with E-state index in [0.717, 1.165) is 0 Å². The fraction of sp³-hybridized carbons (Fsp3) is 0.375. The maximum absolute atomic E-state index is 12.1. The largest absolute Gasteiger partial charge is 0.326 e. The molecule has 122 valence electrons. The summed E-state index contributed by atoms with van der Waals surface area (Å²) in [6.07, 6.45) is 0.0161. The molecule has 1 heterocycles. The van der Waals surface area contributed by atoms with Gasteiger partial charge in [0.25, 0.3) is 5.91 Å². The zero-order valence-electron chi connectivity index (χ0n) is 13.4. The highest BCUT2D eigenvalue weighted by Gasteiger charge is 2.27. The predicted octanol–water partition coefficient (Wildman–Crippen LogP) is 1.83. The lowest BCUT2D eigenvalue weighted by molar-refractivity contribution is -0.128. The van der Waals surface area contributed by atoms with E-state index in [9.17, 15) is 14.4 Å². The van der Waals surface area contributed by atoms with Crippen molar-refractivity contribution < 1.29 is 14.4 Å². The Labute approximate surface area is 134 Å². The zero-order valence-corrected chi connectivity index (χ0v) is 13.4. The third-order valence-corrected chi connectivity index (χ3v) is 3.34. The molecule has 1 aromatic rings. The second-order valence-corrected chi connectivity index (χ2v) is 5.51. The van der Waals surface area contributed by atoms with E-state index < -0.39 is 5.91 Å². The Kier molecular flexibility index (Phi) is 5.10. The molecule has 7 nitrogen and oxygen atoms in total. The van der Waals surface area contributed by atoms with Gasteiger partial charge in [-0.05, 0) is 31.2 Å². The second-order valence-electron chi connectivity index (χ2n) is 5.51. The first kappa shape index (κ1) is 16.7. The third-order valence-electron chi connectivity index (χ3n) is 3.34. The summed E-state index contributed by atoms with van der Waals surface area (Å²) in [7, 11) is 0. The molecule has 0 unspecified atom stereocenters. The van der Waals surface area contributed by atoms with Gasteiger partial charge in [-0.1, -0.05) is 13.8 Å². The summed E-state index contributed by atoms with van der Waals surface area (Å²) in [5.41, 5.74) is 1.43. The van der Waals surface area contributed by atoms with E-state index in [2.05, 4.69) is 15.7 Å². The number of carbonyl (C=O) groups excluding carboxylic acids is 3. The van der Waals surface area contributed by atoms with E-state index >= 15 is 0 Å². The Morgan fingerprint density at radius 2 is 1.74 bits per heavy atom. The van der Waals surface area contributed by atoms with Gasteiger partial charge < -0.3 is 10.6 Å². The maximum Gasteiger partial charge on any atom is 0.272 e. The van der Waals surface area contributed by atoms with E-state index in [1.54, 1.807) is 31.2 Å². The van der Waals surface area contributed by atoms with Gasteiger partial charge >= 0.3 is 0 Å². The molecule has 1 aliphatic heterocycles. The van der Waals surface area contributed by atoms with Crippen LogP contribution >= 0.6 is 0 Å². The van der Waals surface area contributed by atoms with Crippen molar-refractivity contribution in [2.24, 2.45) is 11.0 Å². The molecule has 0 bridgehead atoms. The molecule has 0 fully saturated rings. The summed E-state index contributed by atoms with van der Waals surface area (Å²) in [4.78, 5) is 35.3. The van der Waals surface area contributed by atoms with Crippen molar-refractivity contribution in [3.63, 3.8) is 0 Å². The van der Waals surface area contributed by atoms with Crippen molar-refractivity contribution in [3.8, 4) is 0 Å². The minimum Gasteiger partial charge on any atom is -0.326 e. The number of amides is 3. The van der Waals surface area contributed by atoms with Crippen LogP contribution in [-0.2, 0) is 14.4 Å². The van der Waals surface area contributed by atoms with Crippen molar-refractivity contribution in [3.05, 3.63) is 24.3 Å². The highest BCUT2D eigenvalue weighted by Crippen LogP contribution is 2.16. The van der Waals surface area contributed by atoms with Crippen LogP contribution in [0, 0.1) is 5.92 Å². The normalized spacial score (nSPS) is 14.0. The molecule has 0 aromatic heterocycles. The lowest BCUT2D eigenvalue weighted by Gasteiger charge is -2.09. The number of carbonyl (C=O) groups is 3. The van der Waals surface area contributed by atoms with Crippen LogP contribution in [0.25, 0.3) is 0 Å². The number of benzene rings is 1. The molecule has 1 aliphatic rings. The molecule has 2 rings (SSSR count). The van der Waals surface area contributed by atoms with Crippen molar-refractivity contribution in [1.29, 1.82) is 0 Å². The molecular weight excluding hydrogens is 296 g/mol. The highest BCUT2D eigenvalue weighted by atomic mass is 16.2. The maximum atomic E-state index is 12.1. The zero-order chi connectivity index (χ0) is 17.0. The Bertz CT molecular complexity index is 650. The average Bonchev–Trinajstić information content (AvgIpc) is 2.90. The number of nitrogens with one attached hydrogen (secondary N) is 2. The highest BCUT2D eigenvalue weighted by molar-refractivity contribution is 6.46. The smallest absolute Gasteiger partial charge is 0.272 e. The summed E-state index contributed by atoms with van der Waals surface area (Å²) in [5, 5.41) is 10.7. The van der Waals surface area contributed by atoms with E-state index in [1.165, 1.54) is 5.01 Å². The molecule has 0 aliphatic carbocycles. The van der Waals surface area contributed by atoms with E-state index in [1.807, 2.05) is 13.8 Å². The molecule has 3 amide bonds. The lowest BCUT2D eigenvalue weighted by Crippen LogP contribution is -2.22. The van der Waals surface area contributed by atoms with Gasteiger partial charge in [-0.3, -0.25) is 14.4 Å². The SMILES string of the molecule is CCN1N=C(C(=O)Nc2ccc(NC(=O)C(C)C)cc2)CC1=O. The first-order valence-electron chi connectivity index (χ1n) is 7.50. The Morgan fingerprint density at radius 1 is 1.17 bits per heavy atom. The van der Waals surface area contributed by atoms with Gasteiger partial charge in [0.1, 0.15) is 5.71 Å². The second kappa shape index (κ2) is 7.04. The number of hydrogen-bond acceptors (Lipinski definition) is 4. The first-order valence-corrected chi connectivity index (χ1v) is 7.50. The number of anilines is 2. The van der Waals surface area contributed by atoms with E-state index in [-0.39, 0.29) is 29.9 Å². The van der Waals surface area contributed by atoms with Gasteiger partial charge in [0, 0.05) is 23.8 Å². The third kappa shape index (κ3) is 4.15. The predicted molar refractivity (Wildman–Crippen MR) is 88.0 cm³/mol. The summed E-state index contributed by atoms with van der Waals surface area (Å²) >= 11 is 0. The molecule has 1 aromatic carbocycles. The fourth-order valence-corrected chi connectivity index (χ4v) is 1.97. The molecule has 2 N–H and O–H groups in total. The molecule has 0 radical (unpaired) electrons. The number of nitrogens with zero attached hydrogens (tertiary/aromatic N) is 2. The minimum absolute atomic E-state index is 0.0161. The molecule has 0 saturated heterocycles. The van der Waals surface area contributed by atoms with Crippen molar-refractivity contribution >= 4 is 34.8 Å². The average molecular weight is 316 g/mol. The number of hydrazone groups is 1. The Balaban J connectivity index is 1.97. The topological polar surface area (TPSA) is 90.9 Å². The molecule has 0 atom stereocenters. The van der Waals surface area contributed by atoms with Gasteiger partial charge in [0.2, 0.25) is 11.8 Å². The Hall–Kier alpha value is -2.70. The van der Waals surface area contributed by atoms with Crippen LogP contribution in [0.15, 0.2) is 29.4 Å². The quantitative estimate of drug-likeness (QED) is 0.868. The Morgan fingerprint density at radius 3 is 2.22 bits per heavy atom. The van der Waals surface area contributed by atoms with Gasteiger partial charge in [0.05, 0.1) is 6.42 Å². The van der Waals surface area contributed by atoms with Crippen LogP contribution in [0.1, 0.15) is 27.2 Å². The van der Waals surface area contributed by atoms with Crippen LogP contribution in [0.2, 0.25) is 0 Å². The van der Waals surface area contributed by atoms with Crippen molar-refractivity contribution in [1.82, 2.24) is 5.01 Å². The molecule has 0 spiro atoms. The van der Waals surface area contributed by atoms with Gasteiger partial charge in [-0.25, -0.2) is 5.01 Å². The minimum atomic E-state index is -0.395. The molecular formula is C16H20N4O3. The van der Waals surface area contributed by atoms with Crippen LogP contribution in [0.4, 0.5) is 11.4 Å². The van der Waals surface area contributed by atoms with Crippen LogP contribution < -0.4 is 10.6 Å². The molecule has 0 saturated carbocycles. The summed E-state index contributed by atoms with van der Waals surface area (Å²) in [6, 6.07) is 6.78. The van der Waals surface area contributed by atoms with Crippen LogP contribution in [0.3, 0.4) is 0 Å². The van der Waals surface area contributed by atoms with Gasteiger partial charge in [-0.15, -0.1) is 0 Å². The van der Waals surface area contributed by atoms with Crippen LogP contribution in [0.5, 0.6) is 0 Å². The monoisotopic (exact) mass is 316 g/mol. The van der Waals surface area contributed by atoms with Crippen LogP contribution in [-0.4, -0.2) is 35.0 Å². The van der Waals surface area contributed by atoms with Crippen molar-refractivity contribution in [2.45, 2.75) is 27.2 Å². The molecule has 7 heteroatoms. The lowest BCUT2D eigenvalue weighted by atomic mass is 10.2. The first-order chi connectivity index (χ1) is 10.9. The standard InChI is InChI=1S/C16H20N4O3/c1-4-20-14(21)9-13(19-20)16(23)18-12-7-5-11(6-8-12)17-15(22)10(2)3/h5-8,10H,4,9H2,1-3H3,(H,17,22)(H,18,23). The van der Waals surface area contributed by atoms with E-state index in [0.29, 0.717) is 17.9 Å². The summed E-state index contributed by atoms with van der Waals surface area (Å²) < 4.78 is 0. The van der Waals surface area contributed by atoms with Crippen molar-refractivity contribution in [2.75, 3.05) is 17.2 Å². The number of hydrogen-bond donors (Lipinski definition) is 2. The van der Waals surface area contributed by atoms with E-state index in [4.69, 9.17) is 0 Å². The fourth-order valence-electron chi connectivity index (χ4n) is 1.97. The number of rotatable bonds is 5. The summed E-state index contributed by atoms with van der Waals surface area (Å²) in [5.74, 6) is -0.744. The van der Waals surface area contributed by atoms with Gasteiger partial charge in [0.15, 0.2) is 0 Å². The molecule has 23 heavy (non-hydrogen) atoms. The van der Waals surface area contributed by atoms with Gasteiger partial charge in [-0.2, -0.15) is 5.10 Å².